The van der Waals surface area contributed by atoms with Gasteiger partial charge in [-0.2, -0.15) is 0 Å². The van der Waals surface area contributed by atoms with Crippen molar-refractivity contribution in [2.45, 2.75) is 40.0 Å². The summed E-state index contributed by atoms with van der Waals surface area (Å²) in [4.78, 5) is 25.6. The molecule has 158 valence electrons. The first-order valence-electron chi connectivity index (χ1n) is 9.93. The number of carboxylic acid groups (broad SMARTS) is 1. The standard InChI is InChI=1S/C24H26FNO4/c1-6-14(3)21(24(28)29)22-15(4)26(23(27)16-9-7-13(2)8-10-16)19-12-18(25)20(30-5)11-17(19)22/h7-12,14,21H,6H2,1-5H3,(H,28,29)/t14-,21?/m1/s1. The molecule has 0 radical (unpaired) electrons. The van der Waals surface area contributed by atoms with Gasteiger partial charge in [-0.25, -0.2) is 4.39 Å². The number of rotatable bonds is 6. The van der Waals surface area contributed by atoms with Crippen molar-refractivity contribution in [3.8, 4) is 5.75 Å². The molecule has 2 aromatic carbocycles. The number of fused-ring (bicyclic) bond motifs is 1. The zero-order chi connectivity index (χ0) is 22.2. The molecule has 0 saturated carbocycles. The van der Waals surface area contributed by atoms with Gasteiger partial charge in [0.1, 0.15) is 0 Å². The summed E-state index contributed by atoms with van der Waals surface area (Å²) in [7, 11) is 1.36. The Balaban J connectivity index is 2.36. The maximum Gasteiger partial charge on any atom is 0.311 e. The van der Waals surface area contributed by atoms with Crippen LogP contribution in [0.5, 0.6) is 5.75 Å². The molecular weight excluding hydrogens is 385 g/mol. The highest BCUT2D eigenvalue weighted by Crippen LogP contribution is 2.39. The van der Waals surface area contributed by atoms with Crippen molar-refractivity contribution in [3.05, 3.63) is 64.6 Å². The van der Waals surface area contributed by atoms with Crippen molar-refractivity contribution >= 4 is 22.8 Å². The van der Waals surface area contributed by atoms with Crippen LogP contribution in [0.3, 0.4) is 0 Å². The molecule has 3 aromatic rings. The second-order valence-electron chi connectivity index (χ2n) is 7.71. The van der Waals surface area contributed by atoms with E-state index in [2.05, 4.69) is 0 Å². The third kappa shape index (κ3) is 3.58. The Morgan fingerprint density at radius 3 is 2.33 bits per heavy atom. The van der Waals surface area contributed by atoms with Crippen molar-refractivity contribution in [1.82, 2.24) is 4.57 Å². The molecule has 1 N–H and O–H groups in total. The minimum Gasteiger partial charge on any atom is -0.494 e. The maximum atomic E-state index is 14.6. The SMILES string of the molecule is CC[C@@H](C)C(C(=O)O)c1c(C)n(C(=O)c2ccc(C)cc2)c2cc(F)c(OC)cc12. The molecule has 3 rings (SSSR count). The topological polar surface area (TPSA) is 68.5 Å². The van der Waals surface area contributed by atoms with E-state index >= 15 is 0 Å². The van der Waals surface area contributed by atoms with Crippen LogP contribution in [0, 0.1) is 25.6 Å². The van der Waals surface area contributed by atoms with E-state index in [-0.39, 0.29) is 17.6 Å². The predicted molar refractivity (Wildman–Crippen MR) is 114 cm³/mol. The van der Waals surface area contributed by atoms with E-state index in [1.165, 1.54) is 23.8 Å². The number of aryl methyl sites for hydroxylation is 1. The highest BCUT2D eigenvalue weighted by atomic mass is 19.1. The summed E-state index contributed by atoms with van der Waals surface area (Å²) in [6, 6.07) is 9.82. The van der Waals surface area contributed by atoms with E-state index in [9.17, 15) is 19.1 Å². The molecule has 0 aliphatic heterocycles. The van der Waals surface area contributed by atoms with Crippen LogP contribution in [0.4, 0.5) is 4.39 Å². The molecule has 0 saturated heterocycles. The molecular formula is C24H26FNO4. The molecule has 30 heavy (non-hydrogen) atoms. The minimum absolute atomic E-state index is 0.0111. The number of carbonyl (C=O) groups excluding carboxylic acids is 1. The Hall–Kier alpha value is -3.15. The lowest BCUT2D eigenvalue weighted by molar-refractivity contribution is -0.140. The molecule has 1 unspecified atom stereocenters. The summed E-state index contributed by atoms with van der Waals surface area (Å²) in [5.74, 6) is -2.91. The van der Waals surface area contributed by atoms with Crippen molar-refractivity contribution < 1.29 is 23.8 Å². The lowest BCUT2D eigenvalue weighted by Gasteiger charge is -2.20. The predicted octanol–water partition coefficient (Wildman–Crippen LogP) is 5.31. The summed E-state index contributed by atoms with van der Waals surface area (Å²) in [6.07, 6.45) is 0.646. The summed E-state index contributed by atoms with van der Waals surface area (Å²) >= 11 is 0. The lowest BCUT2D eigenvalue weighted by Crippen LogP contribution is -2.21. The van der Waals surface area contributed by atoms with Crippen molar-refractivity contribution in [2.75, 3.05) is 7.11 Å². The highest BCUT2D eigenvalue weighted by molar-refractivity contribution is 6.05. The third-order valence-corrected chi connectivity index (χ3v) is 5.82. The number of benzene rings is 2. The molecule has 5 nitrogen and oxygen atoms in total. The van der Waals surface area contributed by atoms with E-state index in [0.717, 1.165) is 5.56 Å². The Morgan fingerprint density at radius 1 is 1.17 bits per heavy atom. The number of carboxylic acids is 1. The minimum atomic E-state index is -0.974. The summed E-state index contributed by atoms with van der Waals surface area (Å²) in [6.45, 7) is 7.43. The molecule has 0 amide bonds. The highest BCUT2D eigenvalue weighted by Gasteiger charge is 2.33. The quantitative estimate of drug-likeness (QED) is 0.597. The van der Waals surface area contributed by atoms with Gasteiger partial charge < -0.3 is 9.84 Å². The molecule has 0 spiro atoms. The van der Waals surface area contributed by atoms with E-state index in [1.54, 1.807) is 19.1 Å². The first-order valence-corrected chi connectivity index (χ1v) is 9.93. The first-order chi connectivity index (χ1) is 14.2. The largest absolute Gasteiger partial charge is 0.494 e. The van der Waals surface area contributed by atoms with E-state index in [1.807, 2.05) is 32.9 Å². The van der Waals surface area contributed by atoms with Crippen LogP contribution in [0.25, 0.3) is 10.9 Å². The monoisotopic (exact) mass is 411 g/mol. The molecule has 1 aromatic heterocycles. The molecule has 2 atom stereocenters. The third-order valence-electron chi connectivity index (χ3n) is 5.82. The first kappa shape index (κ1) is 21.6. The smallest absolute Gasteiger partial charge is 0.311 e. The zero-order valence-electron chi connectivity index (χ0n) is 17.8. The molecule has 0 fully saturated rings. The van der Waals surface area contributed by atoms with Crippen LogP contribution in [0.15, 0.2) is 36.4 Å². The molecule has 0 aliphatic carbocycles. The van der Waals surface area contributed by atoms with Crippen LogP contribution in [-0.2, 0) is 4.79 Å². The zero-order valence-corrected chi connectivity index (χ0v) is 17.8. The fraction of sp³-hybridized carbons (Fsp3) is 0.333. The Bertz CT molecular complexity index is 1110. The average Bonchev–Trinajstić information content (AvgIpc) is 2.98. The van der Waals surface area contributed by atoms with Gasteiger partial charge in [0.15, 0.2) is 11.6 Å². The molecule has 0 bridgehead atoms. The van der Waals surface area contributed by atoms with Gasteiger partial charge >= 0.3 is 5.97 Å². The molecule has 1 heterocycles. The number of halogens is 1. The van der Waals surface area contributed by atoms with Crippen molar-refractivity contribution in [1.29, 1.82) is 0 Å². The Morgan fingerprint density at radius 2 is 1.80 bits per heavy atom. The van der Waals surface area contributed by atoms with Gasteiger partial charge in [0.25, 0.3) is 5.91 Å². The van der Waals surface area contributed by atoms with Gasteiger partial charge in [-0.1, -0.05) is 38.0 Å². The molecule has 0 aliphatic rings. The number of nitrogens with zero attached hydrogens (tertiary/aromatic N) is 1. The van der Waals surface area contributed by atoms with E-state index in [0.29, 0.717) is 34.1 Å². The van der Waals surface area contributed by atoms with Crippen LogP contribution in [0.1, 0.15) is 53.4 Å². The Kier molecular flexibility index (Phi) is 5.97. The van der Waals surface area contributed by atoms with Gasteiger partial charge in [-0.15, -0.1) is 0 Å². The second-order valence-corrected chi connectivity index (χ2v) is 7.71. The van der Waals surface area contributed by atoms with Gasteiger partial charge in [-0.3, -0.25) is 14.2 Å². The van der Waals surface area contributed by atoms with Crippen LogP contribution >= 0.6 is 0 Å². The number of aliphatic carboxylic acids is 1. The van der Waals surface area contributed by atoms with Crippen LogP contribution in [0.2, 0.25) is 0 Å². The number of methoxy groups -OCH3 is 1. The summed E-state index contributed by atoms with van der Waals surface area (Å²) in [5.41, 5.74) is 2.81. The fourth-order valence-corrected chi connectivity index (χ4v) is 3.96. The normalized spacial score (nSPS) is 13.3. The van der Waals surface area contributed by atoms with Gasteiger partial charge in [0.05, 0.1) is 18.5 Å². The average molecular weight is 411 g/mol. The van der Waals surface area contributed by atoms with Gasteiger partial charge in [0.2, 0.25) is 0 Å². The maximum absolute atomic E-state index is 14.6. The number of hydrogen-bond acceptors (Lipinski definition) is 3. The number of carbonyl (C=O) groups is 2. The Labute approximate surface area is 175 Å². The van der Waals surface area contributed by atoms with Crippen LogP contribution in [-0.4, -0.2) is 28.7 Å². The van der Waals surface area contributed by atoms with E-state index < -0.39 is 17.7 Å². The summed E-state index contributed by atoms with van der Waals surface area (Å²) in [5, 5.41) is 10.5. The fourth-order valence-electron chi connectivity index (χ4n) is 3.96. The van der Waals surface area contributed by atoms with Crippen molar-refractivity contribution in [2.24, 2.45) is 5.92 Å². The van der Waals surface area contributed by atoms with Gasteiger partial charge in [0, 0.05) is 22.7 Å². The number of hydrogen-bond donors (Lipinski definition) is 1. The van der Waals surface area contributed by atoms with Gasteiger partial charge in [-0.05, 0) is 43.5 Å². The van der Waals surface area contributed by atoms with E-state index in [4.69, 9.17) is 4.74 Å². The number of ether oxygens (including phenoxy) is 1. The number of aromatic nitrogens is 1. The van der Waals surface area contributed by atoms with Crippen molar-refractivity contribution in [3.63, 3.8) is 0 Å². The second kappa shape index (κ2) is 8.30. The lowest BCUT2D eigenvalue weighted by atomic mass is 9.84. The molecule has 6 heteroatoms. The summed E-state index contributed by atoms with van der Waals surface area (Å²) < 4.78 is 21.1. The van der Waals surface area contributed by atoms with Crippen LogP contribution < -0.4 is 4.74 Å².